The van der Waals surface area contributed by atoms with Gasteiger partial charge in [0.05, 0.1) is 18.8 Å². The first kappa shape index (κ1) is 14.7. The van der Waals surface area contributed by atoms with E-state index in [1.165, 1.54) is 6.07 Å². The van der Waals surface area contributed by atoms with E-state index in [1.54, 1.807) is 6.07 Å². The van der Waals surface area contributed by atoms with Crippen molar-refractivity contribution in [3.63, 3.8) is 0 Å². The first-order valence-electron chi connectivity index (χ1n) is 6.01. The summed E-state index contributed by atoms with van der Waals surface area (Å²) in [6.45, 7) is 1.07. The van der Waals surface area contributed by atoms with Crippen LogP contribution in [0.3, 0.4) is 0 Å². The number of hydrogen-bond acceptors (Lipinski definition) is 2. The molecule has 1 aliphatic rings. The summed E-state index contributed by atoms with van der Waals surface area (Å²) in [7, 11) is 0. The summed E-state index contributed by atoms with van der Waals surface area (Å²) in [6.07, 6.45) is -3.36. The molecule has 0 N–H and O–H groups in total. The third-order valence-electron chi connectivity index (χ3n) is 2.97. The lowest BCUT2D eigenvalue weighted by Gasteiger charge is -2.25. The Kier molecular flexibility index (Phi) is 4.73. The van der Waals surface area contributed by atoms with Crippen LogP contribution in [0.1, 0.15) is 24.0 Å². The van der Waals surface area contributed by atoms with E-state index in [0.29, 0.717) is 36.9 Å². The highest BCUT2D eigenvalue weighted by molar-refractivity contribution is 9.08. The van der Waals surface area contributed by atoms with Gasteiger partial charge in [0, 0.05) is 18.2 Å². The number of hydrogen-bond donors (Lipinski definition) is 0. The summed E-state index contributed by atoms with van der Waals surface area (Å²) in [5, 5.41) is 0.383. The van der Waals surface area contributed by atoms with Gasteiger partial charge in [-0.15, -0.1) is 0 Å². The Morgan fingerprint density at radius 1 is 1.26 bits per heavy atom. The lowest BCUT2D eigenvalue weighted by atomic mass is 10.1. The molecule has 1 fully saturated rings. The molecule has 0 aromatic heterocycles. The quantitative estimate of drug-likeness (QED) is 0.770. The zero-order valence-corrected chi connectivity index (χ0v) is 11.8. The minimum absolute atomic E-state index is 0.0934. The van der Waals surface area contributed by atoms with Gasteiger partial charge >= 0.3 is 6.18 Å². The van der Waals surface area contributed by atoms with E-state index >= 15 is 0 Å². The van der Waals surface area contributed by atoms with E-state index < -0.39 is 11.7 Å². The van der Waals surface area contributed by atoms with E-state index in [2.05, 4.69) is 15.9 Å². The first-order chi connectivity index (χ1) is 9.00. The topological polar surface area (TPSA) is 18.5 Å². The zero-order chi connectivity index (χ0) is 13.9. The molecule has 2 nitrogen and oxygen atoms in total. The summed E-state index contributed by atoms with van der Waals surface area (Å²) in [5.41, 5.74) is -0.136. The summed E-state index contributed by atoms with van der Waals surface area (Å²) in [4.78, 5) is 0. The fourth-order valence-corrected chi connectivity index (χ4v) is 2.31. The molecule has 0 radical (unpaired) electrons. The van der Waals surface area contributed by atoms with Gasteiger partial charge in [-0.1, -0.05) is 22.0 Å². The largest absolute Gasteiger partial charge is 0.490 e. The van der Waals surface area contributed by atoms with Crippen molar-refractivity contribution in [2.75, 3.05) is 13.2 Å². The maximum atomic E-state index is 13.0. The molecule has 1 heterocycles. The van der Waals surface area contributed by atoms with Gasteiger partial charge in [0.15, 0.2) is 0 Å². The van der Waals surface area contributed by atoms with Gasteiger partial charge in [-0.2, -0.15) is 13.2 Å². The van der Waals surface area contributed by atoms with Gasteiger partial charge in [0.25, 0.3) is 0 Å². The number of ether oxygens (including phenoxy) is 2. The second-order valence-corrected chi connectivity index (χ2v) is 4.95. The maximum absolute atomic E-state index is 13.0. The molecular formula is C13H14BrF3O2. The summed E-state index contributed by atoms with van der Waals surface area (Å²) < 4.78 is 49.7. The number of benzene rings is 1. The van der Waals surface area contributed by atoms with Crippen molar-refractivity contribution in [1.82, 2.24) is 0 Å². The highest BCUT2D eigenvalue weighted by Gasteiger charge is 2.35. The third-order valence-corrected chi connectivity index (χ3v) is 3.61. The van der Waals surface area contributed by atoms with E-state index in [4.69, 9.17) is 9.47 Å². The maximum Gasteiger partial charge on any atom is 0.419 e. The Bertz CT molecular complexity index is 428. The van der Waals surface area contributed by atoms with Crippen molar-refractivity contribution < 1.29 is 22.6 Å². The summed E-state index contributed by atoms with van der Waals surface area (Å²) in [6, 6.07) is 4.16. The zero-order valence-electron chi connectivity index (χ0n) is 10.2. The molecule has 0 saturated carbocycles. The Balaban J connectivity index is 2.23. The Morgan fingerprint density at radius 2 is 1.95 bits per heavy atom. The molecule has 0 unspecified atom stereocenters. The van der Waals surface area contributed by atoms with Gasteiger partial charge in [0.2, 0.25) is 0 Å². The van der Waals surface area contributed by atoms with Gasteiger partial charge in [-0.3, -0.25) is 0 Å². The fourth-order valence-electron chi connectivity index (χ4n) is 1.96. The Labute approximate surface area is 118 Å². The van der Waals surface area contributed by atoms with Crippen LogP contribution in [0.2, 0.25) is 0 Å². The van der Waals surface area contributed by atoms with Crippen LogP contribution >= 0.6 is 15.9 Å². The van der Waals surface area contributed by atoms with E-state index in [-0.39, 0.29) is 11.9 Å². The van der Waals surface area contributed by atoms with E-state index in [9.17, 15) is 13.2 Å². The van der Waals surface area contributed by atoms with Gasteiger partial charge in [0.1, 0.15) is 11.9 Å². The average molecular weight is 339 g/mol. The van der Waals surface area contributed by atoms with Crippen LogP contribution in [0.15, 0.2) is 18.2 Å². The predicted molar refractivity (Wildman–Crippen MR) is 68.5 cm³/mol. The molecule has 1 aromatic carbocycles. The highest BCUT2D eigenvalue weighted by Crippen LogP contribution is 2.38. The fraction of sp³-hybridized carbons (Fsp3) is 0.538. The molecular weight excluding hydrogens is 325 g/mol. The standard InChI is InChI=1S/C13H14BrF3O2/c14-8-9-1-2-12(11(7-9)13(15,16)17)19-10-3-5-18-6-4-10/h1-2,7,10H,3-6,8H2. The summed E-state index contributed by atoms with van der Waals surface area (Å²) >= 11 is 3.16. The van der Waals surface area contributed by atoms with Crippen molar-refractivity contribution >= 4 is 15.9 Å². The lowest BCUT2D eigenvalue weighted by molar-refractivity contribution is -0.139. The molecule has 0 amide bonds. The molecule has 1 aliphatic heterocycles. The Morgan fingerprint density at radius 3 is 2.53 bits per heavy atom. The molecule has 6 heteroatoms. The van der Waals surface area contributed by atoms with Crippen LogP contribution in [0, 0.1) is 0 Å². The molecule has 106 valence electrons. The average Bonchev–Trinajstić information content (AvgIpc) is 2.39. The van der Waals surface area contributed by atoms with Crippen molar-refractivity contribution in [2.24, 2.45) is 0 Å². The number of halogens is 4. The number of alkyl halides is 4. The third kappa shape index (κ3) is 3.86. The van der Waals surface area contributed by atoms with Crippen molar-refractivity contribution in [3.05, 3.63) is 29.3 Å². The molecule has 1 saturated heterocycles. The molecule has 19 heavy (non-hydrogen) atoms. The normalized spacial score (nSPS) is 17.5. The second kappa shape index (κ2) is 6.13. The van der Waals surface area contributed by atoms with E-state index in [0.717, 1.165) is 6.07 Å². The lowest BCUT2D eigenvalue weighted by Crippen LogP contribution is -2.26. The SMILES string of the molecule is FC(F)(F)c1cc(CBr)ccc1OC1CCOCC1. The van der Waals surface area contributed by atoms with E-state index in [1.807, 2.05) is 0 Å². The van der Waals surface area contributed by atoms with Gasteiger partial charge in [-0.25, -0.2) is 0 Å². The Hall–Kier alpha value is -0.750. The molecule has 1 aromatic rings. The molecule has 0 aliphatic carbocycles. The van der Waals surface area contributed by atoms with Crippen LogP contribution in [-0.4, -0.2) is 19.3 Å². The molecule has 2 rings (SSSR count). The number of rotatable bonds is 3. The van der Waals surface area contributed by atoms with Crippen LogP contribution in [0.5, 0.6) is 5.75 Å². The van der Waals surface area contributed by atoms with Crippen LogP contribution in [-0.2, 0) is 16.2 Å². The predicted octanol–water partition coefficient (Wildman–Crippen LogP) is 4.16. The minimum atomic E-state index is -4.40. The van der Waals surface area contributed by atoms with Crippen molar-refractivity contribution in [2.45, 2.75) is 30.5 Å². The summed E-state index contributed by atoms with van der Waals surface area (Å²) in [5.74, 6) is -0.0934. The minimum Gasteiger partial charge on any atom is -0.490 e. The van der Waals surface area contributed by atoms with Crippen LogP contribution in [0.4, 0.5) is 13.2 Å². The van der Waals surface area contributed by atoms with Crippen molar-refractivity contribution in [3.8, 4) is 5.75 Å². The second-order valence-electron chi connectivity index (χ2n) is 4.39. The monoisotopic (exact) mass is 338 g/mol. The van der Waals surface area contributed by atoms with Gasteiger partial charge < -0.3 is 9.47 Å². The highest BCUT2D eigenvalue weighted by atomic mass is 79.9. The van der Waals surface area contributed by atoms with Crippen LogP contribution < -0.4 is 4.74 Å². The van der Waals surface area contributed by atoms with Crippen LogP contribution in [0.25, 0.3) is 0 Å². The first-order valence-corrected chi connectivity index (χ1v) is 7.13. The van der Waals surface area contributed by atoms with Gasteiger partial charge in [-0.05, 0) is 17.7 Å². The van der Waals surface area contributed by atoms with Crippen molar-refractivity contribution in [1.29, 1.82) is 0 Å². The molecule has 0 atom stereocenters. The smallest absolute Gasteiger partial charge is 0.419 e. The molecule has 0 spiro atoms. The molecule has 0 bridgehead atoms.